The molecule has 17 heavy (non-hydrogen) atoms. The molecule has 0 amide bonds. The minimum absolute atomic E-state index is 0.305. The first-order chi connectivity index (χ1) is 8.14. The number of aliphatic carboxylic acids is 1. The van der Waals surface area contributed by atoms with E-state index in [0.717, 1.165) is 5.69 Å². The van der Waals surface area contributed by atoms with Crippen molar-refractivity contribution in [3.05, 3.63) is 30.3 Å². The molecular formula is C13H17NO3. The zero-order valence-corrected chi connectivity index (χ0v) is 9.93. The lowest BCUT2D eigenvalue weighted by atomic mass is 9.87. The fourth-order valence-corrected chi connectivity index (χ4v) is 2.20. The summed E-state index contributed by atoms with van der Waals surface area (Å²) in [7, 11) is 1.92. The van der Waals surface area contributed by atoms with Gasteiger partial charge in [-0.1, -0.05) is 18.2 Å². The van der Waals surface area contributed by atoms with E-state index < -0.39 is 11.4 Å². The first-order valence-electron chi connectivity index (χ1n) is 5.71. The van der Waals surface area contributed by atoms with Gasteiger partial charge in [0.2, 0.25) is 0 Å². The summed E-state index contributed by atoms with van der Waals surface area (Å²) in [6.45, 7) is 1.32. The van der Waals surface area contributed by atoms with Crippen LogP contribution in [0.15, 0.2) is 30.3 Å². The van der Waals surface area contributed by atoms with Crippen LogP contribution in [0.5, 0.6) is 0 Å². The molecule has 0 spiro atoms. The largest absolute Gasteiger partial charge is 0.481 e. The standard InChI is InChI=1S/C13H17NO3/c1-14(11-5-3-2-4-6-11)9-13(12(15)16)7-8-17-10-13/h2-6H,7-10H2,1H3,(H,15,16). The quantitative estimate of drug-likeness (QED) is 0.861. The van der Waals surface area contributed by atoms with E-state index in [9.17, 15) is 9.90 Å². The lowest BCUT2D eigenvalue weighted by molar-refractivity contribution is -0.148. The summed E-state index contributed by atoms with van der Waals surface area (Å²) in [6, 6.07) is 9.80. The van der Waals surface area contributed by atoms with E-state index in [-0.39, 0.29) is 0 Å². The minimum atomic E-state index is -0.766. The Labute approximate surface area is 101 Å². The van der Waals surface area contributed by atoms with Crippen molar-refractivity contribution in [3.8, 4) is 0 Å². The number of nitrogens with zero attached hydrogens (tertiary/aromatic N) is 1. The van der Waals surface area contributed by atoms with Crippen molar-refractivity contribution in [3.63, 3.8) is 0 Å². The average molecular weight is 235 g/mol. The van der Waals surface area contributed by atoms with Crippen LogP contribution in [0.4, 0.5) is 5.69 Å². The number of benzene rings is 1. The van der Waals surface area contributed by atoms with Gasteiger partial charge in [-0.2, -0.15) is 0 Å². The summed E-state index contributed by atoms with van der Waals surface area (Å²) < 4.78 is 5.25. The van der Waals surface area contributed by atoms with Crippen LogP contribution >= 0.6 is 0 Å². The minimum Gasteiger partial charge on any atom is -0.481 e. The molecule has 0 bridgehead atoms. The molecule has 0 aromatic heterocycles. The smallest absolute Gasteiger partial charge is 0.313 e. The highest BCUT2D eigenvalue weighted by Crippen LogP contribution is 2.31. The normalized spacial score (nSPS) is 23.6. The van der Waals surface area contributed by atoms with Gasteiger partial charge in [-0.25, -0.2) is 0 Å². The van der Waals surface area contributed by atoms with Crippen molar-refractivity contribution >= 4 is 11.7 Å². The fourth-order valence-electron chi connectivity index (χ4n) is 2.20. The predicted molar refractivity (Wildman–Crippen MR) is 65.2 cm³/mol. The van der Waals surface area contributed by atoms with Gasteiger partial charge in [0.25, 0.3) is 0 Å². The average Bonchev–Trinajstić information content (AvgIpc) is 2.80. The van der Waals surface area contributed by atoms with Crippen molar-refractivity contribution in [1.29, 1.82) is 0 Å². The summed E-state index contributed by atoms with van der Waals surface area (Å²) in [5.41, 5.74) is 0.268. The van der Waals surface area contributed by atoms with Crippen molar-refractivity contribution in [2.24, 2.45) is 5.41 Å². The summed E-state index contributed by atoms with van der Waals surface area (Å²) in [5, 5.41) is 9.35. The highest BCUT2D eigenvalue weighted by atomic mass is 16.5. The molecule has 1 atom stereocenters. The summed E-state index contributed by atoms with van der Waals surface area (Å²) in [5.74, 6) is -0.766. The zero-order chi connectivity index (χ0) is 12.3. The highest BCUT2D eigenvalue weighted by Gasteiger charge is 2.43. The molecule has 0 aliphatic carbocycles. The van der Waals surface area contributed by atoms with Gasteiger partial charge in [0.1, 0.15) is 5.41 Å². The molecule has 1 aromatic carbocycles. The molecule has 1 aromatic rings. The summed E-state index contributed by atoms with van der Waals surface area (Å²) >= 11 is 0. The number of carbonyl (C=O) groups is 1. The molecule has 1 aliphatic heterocycles. The SMILES string of the molecule is CN(CC1(C(=O)O)CCOC1)c1ccccc1. The van der Waals surface area contributed by atoms with Gasteiger partial charge in [-0.05, 0) is 18.6 Å². The van der Waals surface area contributed by atoms with Crippen LogP contribution in [0, 0.1) is 5.41 Å². The summed E-state index contributed by atoms with van der Waals surface area (Å²) in [4.78, 5) is 13.4. The highest BCUT2D eigenvalue weighted by molar-refractivity contribution is 5.76. The molecule has 1 N–H and O–H groups in total. The molecule has 4 nitrogen and oxygen atoms in total. The fraction of sp³-hybridized carbons (Fsp3) is 0.462. The monoisotopic (exact) mass is 235 g/mol. The third-order valence-electron chi connectivity index (χ3n) is 3.29. The number of rotatable bonds is 4. The molecule has 1 heterocycles. The molecule has 92 valence electrons. The van der Waals surface area contributed by atoms with Crippen LogP contribution in [-0.2, 0) is 9.53 Å². The van der Waals surface area contributed by atoms with E-state index in [0.29, 0.717) is 26.2 Å². The second kappa shape index (κ2) is 4.75. The molecule has 2 rings (SSSR count). The maximum Gasteiger partial charge on any atom is 0.313 e. The van der Waals surface area contributed by atoms with Crippen LogP contribution in [0.1, 0.15) is 6.42 Å². The maximum atomic E-state index is 11.4. The van der Waals surface area contributed by atoms with Crippen LogP contribution in [-0.4, -0.2) is 37.9 Å². The number of hydrogen-bond donors (Lipinski definition) is 1. The number of carboxylic acids is 1. The molecule has 4 heteroatoms. The van der Waals surface area contributed by atoms with Gasteiger partial charge >= 0.3 is 5.97 Å². The van der Waals surface area contributed by atoms with E-state index >= 15 is 0 Å². The Kier molecular flexibility index (Phi) is 3.33. The molecule has 1 aliphatic rings. The van der Waals surface area contributed by atoms with Gasteiger partial charge in [0, 0.05) is 25.9 Å². The summed E-state index contributed by atoms with van der Waals surface area (Å²) in [6.07, 6.45) is 0.583. The Morgan fingerprint density at radius 1 is 1.47 bits per heavy atom. The van der Waals surface area contributed by atoms with Gasteiger partial charge in [-0.15, -0.1) is 0 Å². The number of ether oxygens (including phenoxy) is 1. The molecule has 1 fully saturated rings. The Hall–Kier alpha value is -1.55. The molecule has 0 radical (unpaired) electrons. The molecule has 1 saturated heterocycles. The maximum absolute atomic E-state index is 11.4. The Balaban J connectivity index is 2.11. The van der Waals surface area contributed by atoms with Crippen LogP contribution < -0.4 is 4.90 Å². The van der Waals surface area contributed by atoms with Gasteiger partial charge in [0.05, 0.1) is 6.61 Å². The topological polar surface area (TPSA) is 49.8 Å². The lowest BCUT2D eigenvalue weighted by Crippen LogP contribution is -2.42. The van der Waals surface area contributed by atoms with Crippen molar-refractivity contribution in [2.45, 2.75) is 6.42 Å². The second-order valence-electron chi connectivity index (χ2n) is 4.58. The van der Waals surface area contributed by atoms with E-state index in [4.69, 9.17) is 4.74 Å². The van der Waals surface area contributed by atoms with E-state index in [2.05, 4.69) is 0 Å². The van der Waals surface area contributed by atoms with Gasteiger partial charge in [-0.3, -0.25) is 4.79 Å². The van der Waals surface area contributed by atoms with Crippen LogP contribution in [0.25, 0.3) is 0 Å². The number of carboxylic acid groups (broad SMARTS) is 1. The Morgan fingerprint density at radius 3 is 2.71 bits per heavy atom. The zero-order valence-electron chi connectivity index (χ0n) is 9.93. The van der Waals surface area contributed by atoms with Gasteiger partial charge < -0.3 is 14.7 Å². The van der Waals surface area contributed by atoms with Crippen molar-refractivity contribution in [1.82, 2.24) is 0 Å². The van der Waals surface area contributed by atoms with Gasteiger partial charge in [0.15, 0.2) is 0 Å². The Morgan fingerprint density at radius 2 is 2.18 bits per heavy atom. The Bertz CT molecular complexity index is 385. The first-order valence-corrected chi connectivity index (χ1v) is 5.71. The molecular weight excluding hydrogens is 218 g/mol. The van der Waals surface area contributed by atoms with Crippen molar-refractivity contribution < 1.29 is 14.6 Å². The van der Waals surface area contributed by atoms with Crippen LogP contribution in [0.2, 0.25) is 0 Å². The van der Waals surface area contributed by atoms with Crippen molar-refractivity contribution in [2.75, 3.05) is 31.7 Å². The predicted octanol–water partition coefficient (Wildman–Crippen LogP) is 1.61. The number of anilines is 1. The third kappa shape index (κ3) is 2.42. The van der Waals surface area contributed by atoms with Crippen LogP contribution in [0.3, 0.4) is 0 Å². The lowest BCUT2D eigenvalue weighted by Gasteiger charge is -2.29. The third-order valence-corrected chi connectivity index (χ3v) is 3.29. The molecule has 1 unspecified atom stereocenters. The number of hydrogen-bond acceptors (Lipinski definition) is 3. The second-order valence-corrected chi connectivity index (χ2v) is 4.58. The number of para-hydroxylation sites is 1. The first kappa shape index (κ1) is 11.9. The molecule has 0 saturated carbocycles. The van der Waals surface area contributed by atoms with E-state index in [1.165, 1.54) is 0 Å². The van der Waals surface area contributed by atoms with E-state index in [1.54, 1.807) is 0 Å². The van der Waals surface area contributed by atoms with E-state index in [1.807, 2.05) is 42.3 Å².